The van der Waals surface area contributed by atoms with Crippen LogP contribution in [-0.4, -0.2) is 39.0 Å². The number of sulfonamides is 1. The molecule has 2 aromatic rings. The van der Waals surface area contributed by atoms with Crippen LogP contribution in [0, 0.1) is 6.92 Å². The van der Waals surface area contributed by atoms with Crippen molar-refractivity contribution in [2.45, 2.75) is 31.0 Å². The third kappa shape index (κ3) is 4.89. The average Bonchev–Trinajstić information content (AvgIpc) is 2.93. The zero-order chi connectivity index (χ0) is 21.1. The quantitative estimate of drug-likeness (QED) is 0.636. The number of rotatable bonds is 8. The standard InChI is InChI=1S/C16H19ClF3N3O4S/c1-10-14(17)15(16(18,19)20)22-23(10)8-4-7-21-28(24,25)13-9-11(26-2)5-6-12(13)27-3/h5-6,9,21H,4,7-8H2,1-3H3. The van der Waals surface area contributed by atoms with E-state index in [1.807, 2.05) is 0 Å². The summed E-state index contributed by atoms with van der Waals surface area (Å²) in [6.07, 6.45) is -4.46. The van der Waals surface area contributed by atoms with Crippen molar-refractivity contribution in [3.8, 4) is 11.5 Å². The molecule has 0 fully saturated rings. The van der Waals surface area contributed by atoms with E-state index in [0.29, 0.717) is 5.75 Å². The van der Waals surface area contributed by atoms with E-state index >= 15 is 0 Å². The number of aromatic nitrogens is 2. The van der Waals surface area contributed by atoms with Gasteiger partial charge in [-0.3, -0.25) is 4.68 Å². The number of alkyl halides is 3. The van der Waals surface area contributed by atoms with Gasteiger partial charge in [0.15, 0.2) is 5.69 Å². The van der Waals surface area contributed by atoms with Crippen molar-refractivity contribution in [2.75, 3.05) is 20.8 Å². The number of hydrogen-bond donors (Lipinski definition) is 1. The largest absolute Gasteiger partial charge is 0.497 e. The number of halogens is 4. The zero-order valence-electron chi connectivity index (χ0n) is 15.3. The van der Waals surface area contributed by atoms with E-state index in [-0.39, 0.29) is 35.8 Å². The molecular formula is C16H19ClF3N3O4S. The van der Waals surface area contributed by atoms with Crippen molar-refractivity contribution in [3.63, 3.8) is 0 Å². The lowest BCUT2D eigenvalue weighted by Gasteiger charge is -2.12. The van der Waals surface area contributed by atoms with Crippen LogP contribution in [0.1, 0.15) is 17.8 Å². The van der Waals surface area contributed by atoms with E-state index in [1.54, 1.807) is 6.07 Å². The maximum atomic E-state index is 12.8. The summed E-state index contributed by atoms with van der Waals surface area (Å²) in [5.41, 5.74) is -1.00. The molecule has 28 heavy (non-hydrogen) atoms. The molecule has 0 unspecified atom stereocenters. The number of nitrogens with one attached hydrogen (secondary N) is 1. The van der Waals surface area contributed by atoms with Gasteiger partial charge in [0.25, 0.3) is 0 Å². The van der Waals surface area contributed by atoms with Gasteiger partial charge in [0, 0.05) is 19.2 Å². The van der Waals surface area contributed by atoms with Gasteiger partial charge in [0.2, 0.25) is 10.0 Å². The molecule has 7 nitrogen and oxygen atoms in total. The minimum Gasteiger partial charge on any atom is -0.497 e. The molecule has 12 heteroatoms. The Morgan fingerprint density at radius 2 is 1.93 bits per heavy atom. The van der Waals surface area contributed by atoms with Gasteiger partial charge in [-0.1, -0.05) is 11.6 Å². The second kappa shape index (κ2) is 8.58. The summed E-state index contributed by atoms with van der Waals surface area (Å²) >= 11 is 5.69. The number of hydrogen-bond acceptors (Lipinski definition) is 5. The van der Waals surface area contributed by atoms with Gasteiger partial charge in [-0.25, -0.2) is 13.1 Å². The van der Waals surface area contributed by atoms with Crippen LogP contribution in [0.4, 0.5) is 13.2 Å². The fourth-order valence-electron chi connectivity index (χ4n) is 2.43. The summed E-state index contributed by atoms with van der Waals surface area (Å²) in [5, 5.41) is 3.01. The van der Waals surface area contributed by atoms with E-state index in [1.165, 1.54) is 33.3 Å². The van der Waals surface area contributed by atoms with Crippen LogP contribution in [-0.2, 0) is 22.7 Å². The van der Waals surface area contributed by atoms with Gasteiger partial charge >= 0.3 is 6.18 Å². The van der Waals surface area contributed by atoms with Crippen molar-refractivity contribution >= 4 is 21.6 Å². The van der Waals surface area contributed by atoms with Crippen LogP contribution in [0.5, 0.6) is 11.5 Å². The molecule has 156 valence electrons. The summed E-state index contributed by atoms with van der Waals surface area (Å²) < 4.78 is 77.1. The van der Waals surface area contributed by atoms with Crippen LogP contribution in [0.2, 0.25) is 5.02 Å². The highest BCUT2D eigenvalue weighted by atomic mass is 35.5. The third-order valence-electron chi connectivity index (χ3n) is 3.90. The minimum absolute atomic E-state index is 0.0268. The molecule has 0 atom stereocenters. The fourth-order valence-corrected chi connectivity index (χ4v) is 3.93. The van der Waals surface area contributed by atoms with Gasteiger partial charge in [-0.2, -0.15) is 18.3 Å². The molecule has 0 aliphatic carbocycles. The van der Waals surface area contributed by atoms with Crippen LogP contribution in [0.3, 0.4) is 0 Å². The number of nitrogens with zero attached hydrogens (tertiary/aromatic N) is 2. The first-order chi connectivity index (χ1) is 13.0. The number of ether oxygens (including phenoxy) is 2. The predicted molar refractivity (Wildman–Crippen MR) is 96.3 cm³/mol. The van der Waals surface area contributed by atoms with Gasteiger partial charge in [0.1, 0.15) is 16.4 Å². The second-order valence-electron chi connectivity index (χ2n) is 5.74. The molecule has 0 aliphatic heterocycles. The highest BCUT2D eigenvalue weighted by Gasteiger charge is 2.38. The molecule has 2 rings (SSSR count). The van der Waals surface area contributed by atoms with Crippen LogP contribution < -0.4 is 14.2 Å². The Labute approximate surface area is 165 Å². The Kier molecular flexibility index (Phi) is 6.84. The highest BCUT2D eigenvalue weighted by Crippen LogP contribution is 2.35. The summed E-state index contributed by atoms with van der Waals surface area (Å²) in [6, 6.07) is 4.33. The molecule has 0 saturated heterocycles. The summed E-state index contributed by atoms with van der Waals surface area (Å²) in [7, 11) is -1.18. The normalized spacial score (nSPS) is 12.2. The average molecular weight is 442 g/mol. The molecular weight excluding hydrogens is 423 g/mol. The summed E-state index contributed by atoms with van der Waals surface area (Å²) in [5.74, 6) is 0.473. The predicted octanol–water partition coefficient (Wildman–Crippen LogP) is 3.25. The first kappa shape index (κ1) is 22.3. The fraction of sp³-hybridized carbons (Fsp3) is 0.438. The lowest BCUT2D eigenvalue weighted by molar-refractivity contribution is -0.141. The van der Waals surface area contributed by atoms with E-state index < -0.39 is 26.9 Å². The molecule has 1 aromatic heterocycles. The molecule has 0 radical (unpaired) electrons. The molecule has 0 spiro atoms. The molecule has 0 bridgehead atoms. The van der Waals surface area contributed by atoms with Gasteiger partial charge in [-0.15, -0.1) is 0 Å². The smallest absolute Gasteiger partial charge is 0.436 e. The molecule has 1 aromatic carbocycles. The first-order valence-electron chi connectivity index (χ1n) is 8.03. The van der Waals surface area contributed by atoms with E-state index in [2.05, 4.69) is 9.82 Å². The van der Waals surface area contributed by atoms with Crippen molar-refractivity contribution < 1.29 is 31.1 Å². The number of benzene rings is 1. The van der Waals surface area contributed by atoms with E-state index in [9.17, 15) is 21.6 Å². The van der Waals surface area contributed by atoms with Crippen molar-refractivity contribution in [2.24, 2.45) is 0 Å². The maximum absolute atomic E-state index is 12.8. The minimum atomic E-state index is -4.66. The lowest BCUT2D eigenvalue weighted by Crippen LogP contribution is -2.26. The Balaban J connectivity index is 2.06. The molecule has 0 aliphatic rings. The lowest BCUT2D eigenvalue weighted by atomic mass is 10.3. The zero-order valence-corrected chi connectivity index (χ0v) is 16.9. The Morgan fingerprint density at radius 3 is 2.46 bits per heavy atom. The highest BCUT2D eigenvalue weighted by molar-refractivity contribution is 7.89. The topological polar surface area (TPSA) is 82.5 Å². The van der Waals surface area contributed by atoms with Crippen LogP contribution in [0.15, 0.2) is 23.1 Å². The van der Waals surface area contributed by atoms with Crippen molar-refractivity contribution in [1.29, 1.82) is 0 Å². The molecule has 1 N–H and O–H groups in total. The first-order valence-corrected chi connectivity index (χ1v) is 9.89. The van der Waals surface area contributed by atoms with Crippen LogP contribution in [0.25, 0.3) is 0 Å². The van der Waals surface area contributed by atoms with E-state index in [0.717, 1.165) is 4.68 Å². The van der Waals surface area contributed by atoms with Gasteiger partial charge in [0.05, 0.1) is 24.9 Å². The SMILES string of the molecule is COc1ccc(OC)c(S(=O)(=O)NCCCn2nc(C(F)(F)F)c(Cl)c2C)c1. The Morgan fingerprint density at radius 1 is 1.25 bits per heavy atom. The third-order valence-corrected chi connectivity index (χ3v) is 5.84. The number of aryl methyl sites for hydroxylation is 1. The van der Waals surface area contributed by atoms with Crippen molar-refractivity contribution in [3.05, 3.63) is 34.6 Å². The summed E-state index contributed by atoms with van der Waals surface area (Å²) in [4.78, 5) is -0.105. The molecule has 0 amide bonds. The van der Waals surface area contributed by atoms with Crippen molar-refractivity contribution in [1.82, 2.24) is 14.5 Å². The molecule has 1 heterocycles. The summed E-state index contributed by atoms with van der Waals surface area (Å²) in [6.45, 7) is 1.44. The van der Waals surface area contributed by atoms with Crippen LogP contribution >= 0.6 is 11.6 Å². The number of methoxy groups -OCH3 is 2. The monoisotopic (exact) mass is 441 g/mol. The maximum Gasteiger partial charge on any atom is 0.436 e. The van der Waals surface area contributed by atoms with Gasteiger partial charge in [-0.05, 0) is 25.5 Å². The Bertz CT molecular complexity index is 945. The second-order valence-corrected chi connectivity index (χ2v) is 7.85. The van der Waals surface area contributed by atoms with E-state index in [4.69, 9.17) is 21.1 Å². The van der Waals surface area contributed by atoms with Gasteiger partial charge < -0.3 is 9.47 Å². The Hall–Kier alpha value is -1.98. The molecule has 0 saturated carbocycles.